The molecule has 1 aliphatic heterocycles. The second-order valence-electron chi connectivity index (χ2n) is 7.12. The molecule has 32 heavy (non-hydrogen) atoms. The highest BCUT2D eigenvalue weighted by Gasteiger charge is 2.46. The highest BCUT2D eigenvalue weighted by atomic mass is 16.5. The summed E-state index contributed by atoms with van der Waals surface area (Å²) >= 11 is 0. The molecule has 0 saturated heterocycles. The van der Waals surface area contributed by atoms with E-state index < -0.39 is 23.5 Å². The third-order valence-electron chi connectivity index (χ3n) is 5.10. The van der Waals surface area contributed by atoms with Gasteiger partial charge < -0.3 is 19.6 Å². The Labute approximate surface area is 183 Å². The Bertz CT molecular complexity index is 1210. The standard InChI is InChI=1S/C24H20N2O6/c1-14(27)25-15-9-11-16(12-10-15)26-21(17-6-3-4-7-18(17)31-2)20(23(29)24(26)30)22(28)19-8-5-13-32-19/h3-13,21,29H,1-2H3,(H,25,27). The molecule has 4 rings (SSSR count). The van der Waals surface area contributed by atoms with Crippen LogP contribution < -0.4 is 15.0 Å². The van der Waals surface area contributed by atoms with Crippen LogP contribution in [0.25, 0.3) is 0 Å². The number of anilines is 2. The van der Waals surface area contributed by atoms with Crippen LogP contribution in [-0.4, -0.2) is 29.8 Å². The molecule has 2 N–H and O–H groups in total. The average molecular weight is 432 g/mol. The zero-order chi connectivity index (χ0) is 22.8. The highest BCUT2D eigenvalue weighted by molar-refractivity contribution is 6.20. The Morgan fingerprint density at radius 3 is 2.41 bits per heavy atom. The van der Waals surface area contributed by atoms with Gasteiger partial charge in [0.1, 0.15) is 5.75 Å². The quantitative estimate of drug-likeness (QED) is 0.569. The number of methoxy groups -OCH3 is 1. The molecule has 0 fully saturated rings. The number of aliphatic hydroxyl groups excluding tert-OH is 1. The maximum atomic E-state index is 13.2. The van der Waals surface area contributed by atoms with E-state index in [1.165, 1.54) is 31.3 Å². The number of amides is 2. The first-order chi connectivity index (χ1) is 15.4. The fourth-order valence-corrected chi connectivity index (χ4v) is 3.74. The van der Waals surface area contributed by atoms with E-state index in [4.69, 9.17) is 9.15 Å². The van der Waals surface area contributed by atoms with Crippen molar-refractivity contribution in [2.45, 2.75) is 13.0 Å². The number of nitrogens with zero attached hydrogens (tertiary/aromatic N) is 1. The molecule has 2 heterocycles. The third kappa shape index (κ3) is 3.62. The van der Waals surface area contributed by atoms with E-state index >= 15 is 0 Å². The van der Waals surface area contributed by atoms with E-state index in [9.17, 15) is 19.5 Å². The van der Waals surface area contributed by atoms with Gasteiger partial charge in [0.15, 0.2) is 11.5 Å². The zero-order valence-electron chi connectivity index (χ0n) is 17.4. The molecular weight excluding hydrogens is 412 g/mol. The summed E-state index contributed by atoms with van der Waals surface area (Å²) in [6.45, 7) is 1.39. The van der Waals surface area contributed by atoms with Crippen molar-refractivity contribution in [1.82, 2.24) is 0 Å². The van der Waals surface area contributed by atoms with Gasteiger partial charge in [-0.2, -0.15) is 0 Å². The minimum absolute atomic E-state index is 0.00195. The molecule has 0 saturated carbocycles. The van der Waals surface area contributed by atoms with Crippen molar-refractivity contribution in [3.05, 3.63) is 89.6 Å². The Kier molecular flexibility index (Phi) is 5.51. The number of rotatable bonds is 6. The van der Waals surface area contributed by atoms with Gasteiger partial charge in [-0.3, -0.25) is 19.3 Å². The normalized spacial score (nSPS) is 15.8. The third-order valence-corrected chi connectivity index (χ3v) is 5.10. The van der Waals surface area contributed by atoms with Crippen LogP contribution in [0, 0.1) is 0 Å². The molecule has 0 spiro atoms. The number of para-hydroxylation sites is 1. The smallest absolute Gasteiger partial charge is 0.294 e. The summed E-state index contributed by atoms with van der Waals surface area (Å²) in [4.78, 5) is 39.0. The lowest BCUT2D eigenvalue weighted by Crippen LogP contribution is -2.31. The largest absolute Gasteiger partial charge is 0.503 e. The molecule has 1 unspecified atom stereocenters. The molecule has 3 aromatic rings. The Balaban J connectivity index is 1.85. The molecule has 8 heteroatoms. The van der Waals surface area contributed by atoms with Gasteiger partial charge in [-0.1, -0.05) is 18.2 Å². The number of carbonyl (C=O) groups is 3. The number of aliphatic hydroxyl groups is 1. The molecule has 2 amide bonds. The van der Waals surface area contributed by atoms with Gasteiger partial charge in [0.2, 0.25) is 11.7 Å². The first-order valence-corrected chi connectivity index (χ1v) is 9.78. The predicted octanol–water partition coefficient (Wildman–Crippen LogP) is 4.03. The minimum atomic E-state index is -0.956. The van der Waals surface area contributed by atoms with Gasteiger partial charge in [0, 0.05) is 23.9 Å². The molecular formula is C24H20N2O6. The minimum Gasteiger partial charge on any atom is -0.503 e. The van der Waals surface area contributed by atoms with Crippen molar-refractivity contribution < 1.29 is 28.6 Å². The number of Topliss-reactive ketones (excluding diaryl/α,β-unsaturated/α-hetero) is 1. The Morgan fingerprint density at radius 1 is 1.06 bits per heavy atom. The summed E-state index contributed by atoms with van der Waals surface area (Å²) in [5, 5.41) is 13.4. The number of hydrogen-bond acceptors (Lipinski definition) is 6. The monoisotopic (exact) mass is 432 g/mol. The van der Waals surface area contributed by atoms with Gasteiger partial charge >= 0.3 is 0 Å². The molecule has 8 nitrogen and oxygen atoms in total. The van der Waals surface area contributed by atoms with Crippen LogP contribution in [0.4, 0.5) is 11.4 Å². The van der Waals surface area contributed by atoms with Gasteiger partial charge in [0.25, 0.3) is 5.91 Å². The van der Waals surface area contributed by atoms with Gasteiger partial charge in [0.05, 0.1) is 25.0 Å². The highest BCUT2D eigenvalue weighted by Crippen LogP contribution is 2.44. The summed E-state index contributed by atoms with van der Waals surface area (Å²) in [5.74, 6) is -1.77. The van der Waals surface area contributed by atoms with E-state index in [0.29, 0.717) is 22.7 Å². The second-order valence-corrected chi connectivity index (χ2v) is 7.12. The molecule has 0 radical (unpaired) electrons. The van der Waals surface area contributed by atoms with Crippen molar-refractivity contribution >= 4 is 29.0 Å². The topological polar surface area (TPSA) is 109 Å². The second kappa shape index (κ2) is 8.43. The maximum absolute atomic E-state index is 13.2. The van der Waals surface area contributed by atoms with Crippen LogP contribution in [0.3, 0.4) is 0 Å². The number of carbonyl (C=O) groups excluding carboxylic acids is 3. The van der Waals surface area contributed by atoms with E-state index in [-0.39, 0.29) is 17.2 Å². The summed E-state index contributed by atoms with van der Waals surface area (Å²) < 4.78 is 10.7. The van der Waals surface area contributed by atoms with Gasteiger partial charge in [-0.05, 0) is 42.5 Å². The van der Waals surface area contributed by atoms with E-state index in [1.54, 1.807) is 54.6 Å². The fourth-order valence-electron chi connectivity index (χ4n) is 3.74. The molecule has 162 valence electrons. The van der Waals surface area contributed by atoms with Crippen LogP contribution in [0.2, 0.25) is 0 Å². The predicted molar refractivity (Wildman–Crippen MR) is 117 cm³/mol. The lowest BCUT2D eigenvalue weighted by molar-refractivity contribution is -0.117. The van der Waals surface area contributed by atoms with Crippen molar-refractivity contribution in [1.29, 1.82) is 0 Å². The van der Waals surface area contributed by atoms with Crippen molar-refractivity contribution in [2.75, 3.05) is 17.3 Å². The maximum Gasteiger partial charge on any atom is 0.294 e. The lowest BCUT2D eigenvalue weighted by atomic mass is 9.94. The molecule has 1 atom stereocenters. The number of furan rings is 1. The van der Waals surface area contributed by atoms with Crippen LogP contribution in [0.1, 0.15) is 29.1 Å². The van der Waals surface area contributed by atoms with Crippen LogP contribution >= 0.6 is 0 Å². The lowest BCUT2D eigenvalue weighted by Gasteiger charge is -2.28. The summed E-state index contributed by atoms with van der Waals surface area (Å²) in [6.07, 6.45) is 1.35. The number of nitrogens with one attached hydrogen (secondary N) is 1. The number of ether oxygens (including phenoxy) is 1. The van der Waals surface area contributed by atoms with E-state index in [0.717, 1.165) is 0 Å². The fraction of sp³-hybridized carbons (Fsp3) is 0.125. The van der Waals surface area contributed by atoms with E-state index in [2.05, 4.69) is 5.32 Å². The van der Waals surface area contributed by atoms with Crippen molar-refractivity contribution in [3.8, 4) is 5.75 Å². The van der Waals surface area contributed by atoms with Crippen LogP contribution in [-0.2, 0) is 9.59 Å². The number of ketones is 1. The van der Waals surface area contributed by atoms with Crippen LogP contribution in [0.5, 0.6) is 5.75 Å². The SMILES string of the molecule is COc1ccccc1C1C(C(=O)c2ccco2)=C(O)C(=O)N1c1ccc(NC(C)=O)cc1. The van der Waals surface area contributed by atoms with Gasteiger partial charge in [-0.25, -0.2) is 0 Å². The molecule has 0 bridgehead atoms. The van der Waals surface area contributed by atoms with Gasteiger partial charge in [-0.15, -0.1) is 0 Å². The average Bonchev–Trinajstić information content (AvgIpc) is 3.41. The number of benzene rings is 2. The molecule has 1 aromatic heterocycles. The van der Waals surface area contributed by atoms with Crippen molar-refractivity contribution in [2.24, 2.45) is 0 Å². The van der Waals surface area contributed by atoms with E-state index in [1.807, 2.05) is 0 Å². The Hall–Kier alpha value is -4.33. The van der Waals surface area contributed by atoms with Crippen molar-refractivity contribution in [3.63, 3.8) is 0 Å². The summed E-state index contributed by atoms with van der Waals surface area (Å²) in [6, 6.07) is 15.5. The first kappa shape index (κ1) is 20.9. The molecule has 1 aliphatic rings. The Morgan fingerprint density at radius 2 is 1.78 bits per heavy atom. The molecule has 2 aromatic carbocycles. The zero-order valence-corrected chi connectivity index (χ0v) is 17.4. The molecule has 0 aliphatic carbocycles. The van der Waals surface area contributed by atoms with Crippen LogP contribution in [0.15, 0.2) is 82.7 Å². The summed E-state index contributed by atoms with van der Waals surface area (Å²) in [7, 11) is 1.49. The first-order valence-electron chi connectivity index (χ1n) is 9.78. The number of hydrogen-bond donors (Lipinski definition) is 2. The summed E-state index contributed by atoms with van der Waals surface area (Å²) in [5.41, 5.74) is 1.38.